The molecule has 98 valence electrons. The summed E-state index contributed by atoms with van der Waals surface area (Å²) in [6.45, 7) is 4.29. The fraction of sp³-hybridized carbons (Fsp3) is 0.455. The summed E-state index contributed by atoms with van der Waals surface area (Å²) in [4.78, 5) is 4.27. The van der Waals surface area contributed by atoms with Gasteiger partial charge in [-0.1, -0.05) is 5.16 Å². The van der Waals surface area contributed by atoms with Crippen LogP contribution < -0.4 is 5.73 Å². The number of halogens is 1. The third-order valence-corrected chi connectivity index (χ3v) is 3.70. The van der Waals surface area contributed by atoms with Gasteiger partial charge >= 0.3 is 0 Å². The van der Waals surface area contributed by atoms with Crippen LogP contribution in [0.4, 0.5) is 0 Å². The van der Waals surface area contributed by atoms with Crippen molar-refractivity contribution in [3.63, 3.8) is 0 Å². The molecule has 0 aliphatic carbocycles. The zero-order chi connectivity index (χ0) is 13.1. The number of nitrogens with zero attached hydrogens (tertiary/aromatic N) is 2. The van der Waals surface area contributed by atoms with Gasteiger partial charge in [0.25, 0.3) is 5.89 Å². The van der Waals surface area contributed by atoms with Gasteiger partial charge in [-0.25, -0.2) is 0 Å². The lowest BCUT2D eigenvalue weighted by Gasteiger charge is -2.10. The summed E-state index contributed by atoms with van der Waals surface area (Å²) in [7, 11) is 0. The molecule has 18 heavy (non-hydrogen) atoms. The first-order valence-electron chi connectivity index (χ1n) is 5.51. The van der Waals surface area contributed by atoms with Crippen LogP contribution >= 0.6 is 27.3 Å². The highest BCUT2D eigenvalue weighted by Gasteiger charge is 2.16. The van der Waals surface area contributed by atoms with E-state index >= 15 is 0 Å². The van der Waals surface area contributed by atoms with Crippen molar-refractivity contribution in [2.24, 2.45) is 5.73 Å². The second-order valence-corrected chi connectivity index (χ2v) is 6.38. The van der Waals surface area contributed by atoms with Crippen molar-refractivity contribution in [3.05, 3.63) is 21.1 Å². The summed E-state index contributed by atoms with van der Waals surface area (Å²) < 4.78 is 11.6. The van der Waals surface area contributed by atoms with E-state index in [4.69, 9.17) is 15.0 Å². The van der Waals surface area contributed by atoms with Crippen LogP contribution in [0, 0.1) is 0 Å². The zero-order valence-corrected chi connectivity index (χ0v) is 12.5. The molecule has 1 atom stereocenters. The molecule has 2 aromatic rings. The molecule has 2 rings (SSSR count). The van der Waals surface area contributed by atoms with Crippen molar-refractivity contribution in [2.45, 2.75) is 26.0 Å². The van der Waals surface area contributed by atoms with Crippen LogP contribution in [0.25, 0.3) is 11.5 Å². The average Bonchev–Trinajstić information content (AvgIpc) is 2.93. The number of hydrogen-bond donors (Lipinski definition) is 1. The largest absolute Gasteiger partial charge is 0.377 e. The van der Waals surface area contributed by atoms with E-state index in [1.54, 1.807) is 11.3 Å². The van der Waals surface area contributed by atoms with Crippen LogP contribution in [0.1, 0.15) is 25.7 Å². The molecular formula is C11H14BrN3O2S. The lowest BCUT2D eigenvalue weighted by molar-refractivity contribution is 0.0665. The van der Waals surface area contributed by atoms with Gasteiger partial charge in [-0.15, -0.1) is 11.3 Å². The monoisotopic (exact) mass is 331 g/mol. The fourth-order valence-corrected chi connectivity index (χ4v) is 2.43. The molecule has 0 bridgehead atoms. The first kappa shape index (κ1) is 13.7. The fourth-order valence-electron chi connectivity index (χ4n) is 1.30. The van der Waals surface area contributed by atoms with Gasteiger partial charge in [-0.3, -0.25) is 0 Å². The molecule has 0 aliphatic rings. The standard InChI is InChI=1S/C11H14BrN3O2S/c1-6(2)16-4-8(13)10-14-11(17-15-10)7-3-9(12)18-5-7/h3,5-6,8H,4,13H2,1-2H3. The van der Waals surface area contributed by atoms with Crippen molar-refractivity contribution < 1.29 is 9.26 Å². The molecule has 0 spiro atoms. The van der Waals surface area contributed by atoms with E-state index in [-0.39, 0.29) is 12.1 Å². The Hall–Kier alpha value is -0.760. The van der Waals surface area contributed by atoms with E-state index in [1.165, 1.54) is 0 Å². The van der Waals surface area contributed by atoms with Gasteiger partial charge in [0.15, 0.2) is 5.82 Å². The molecule has 0 radical (unpaired) electrons. The Labute approximate surface area is 117 Å². The van der Waals surface area contributed by atoms with Crippen LogP contribution in [0.3, 0.4) is 0 Å². The number of aromatic nitrogens is 2. The quantitative estimate of drug-likeness (QED) is 0.911. The Morgan fingerprint density at radius 3 is 2.94 bits per heavy atom. The van der Waals surface area contributed by atoms with Crippen LogP contribution in [0.2, 0.25) is 0 Å². The molecule has 5 nitrogen and oxygen atoms in total. The predicted octanol–water partition coefficient (Wildman–Crippen LogP) is 2.99. The van der Waals surface area contributed by atoms with E-state index < -0.39 is 0 Å². The first-order chi connectivity index (χ1) is 8.56. The zero-order valence-electron chi connectivity index (χ0n) is 10.1. The topological polar surface area (TPSA) is 74.2 Å². The normalized spacial score (nSPS) is 13.2. The molecule has 0 fully saturated rings. The maximum Gasteiger partial charge on any atom is 0.258 e. The SMILES string of the molecule is CC(C)OCC(N)c1noc(-c2csc(Br)c2)n1. The van der Waals surface area contributed by atoms with Crippen LogP contribution in [0.15, 0.2) is 19.8 Å². The van der Waals surface area contributed by atoms with Gasteiger partial charge < -0.3 is 15.0 Å². The molecule has 0 saturated carbocycles. The van der Waals surface area contributed by atoms with Gasteiger partial charge in [-0.05, 0) is 35.8 Å². The lowest BCUT2D eigenvalue weighted by atomic mass is 10.3. The predicted molar refractivity (Wildman–Crippen MR) is 73.3 cm³/mol. The van der Waals surface area contributed by atoms with Gasteiger partial charge in [0, 0.05) is 5.38 Å². The summed E-state index contributed by atoms with van der Waals surface area (Å²) in [5.74, 6) is 0.944. The average molecular weight is 332 g/mol. The molecule has 7 heteroatoms. The van der Waals surface area contributed by atoms with E-state index in [0.29, 0.717) is 18.3 Å². The third-order valence-electron chi connectivity index (χ3n) is 2.20. The van der Waals surface area contributed by atoms with Crippen molar-refractivity contribution >= 4 is 27.3 Å². The Morgan fingerprint density at radius 2 is 2.33 bits per heavy atom. The number of thiophene rings is 1. The second-order valence-electron chi connectivity index (χ2n) is 4.09. The van der Waals surface area contributed by atoms with Gasteiger partial charge in [0.05, 0.1) is 28.1 Å². The Kier molecular flexibility index (Phi) is 4.50. The molecule has 1 unspecified atom stereocenters. The van der Waals surface area contributed by atoms with Crippen LogP contribution in [-0.2, 0) is 4.74 Å². The minimum absolute atomic E-state index is 0.134. The van der Waals surface area contributed by atoms with Crippen molar-refractivity contribution in [1.82, 2.24) is 10.1 Å². The molecular weight excluding hydrogens is 318 g/mol. The molecule has 2 aromatic heterocycles. The van der Waals surface area contributed by atoms with Crippen LogP contribution in [0.5, 0.6) is 0 Å². The van der Waals surface area contributed by atoms with E-state index in [9.17, 15) is 0 Å². The highest BCUT2D eigenvalue weighted by Crippen LogP contribution is 2.28. The number of nitrogens with two attached hydrogens (primary N) is 1. The highest BCUT2D eigenvalue weighted by molar-refractivity contribution is 9.11. The summed E-state index contributed by atoms with van der Waals surface area (Å²) in [6, 6.07) is 1.56. The maximum absolute atomic E-state index is 5.92. The Morgan fingerprint density at radius 1 is 1.56 bits per heavy atom. The van der Waals surface area contributed by atoms with E-state index in [1.807, 2.05) is 25.3 Å². The Bertz CT molecular complexity index is 512. The van der Waals surface area contributed by atoms with Gasteiger partial charge in [-0.2, -0.15) is 4.98 Å². The minimum atomic E-state index is -0.369. The summed E-state index contributed by atoms with van der Waals surface area (Å²) in [5, 5.41) is 5.82. The molecule has 2 N–H and O–H groups in total. The number of rotatable bonds is 5. The third kappa shape index (κ3) is 3.38. The van der Waals surface area contributed by atoms with Crippen molar-refractivity contribution in [3.8, 4) is 11.5 Å². The smallest absolute Gasteiger partial charge is 0.258 e. The maximum atomic E-state index is 5.92. The molecule has 0 aromatic carbocycles. The van der Waals surface area contributed by atoms with E-state index in [0.717, 1.165) is 9.35 Å². The molecule has 2 heterocycles. The number of ether oxygens (including phenoxy) is 1. The van der Waals surface area contributed by atoms with Crippen molar-refractivity contribution in [2.75, 3.05) is 6.61 Å². The van der Waals surface area contributed by atoms with Crippen molar-refractivity contribution in [1.29, 1.82) is 0 Å². The Balaban J connectivity index is 2.06. The van der Waals surface area contributed by atoms with Gasteiger partial charge in [0.2, 0.25) is 0 Å². The summed E-state index contributed by atoms with van der Waals surface area (Å²) in [5.41, 5.74) is 6.81. The van der Waals surface area contributed by atoms with Gasteiger partial charge in [0.1, 0.15) is 0 Å². The second kappa shape index (κ2) is 5.92. The molecule has 0 amide bonds. The lowest BCUT2D eigenvalue weighted by Crippen LogP contribution is -2.20. The summed E-state index contributed by atoms with van der Waals surface area (Å²) >= 11 is 4.95. The molecule has 0 saturated heterocycles. The molecule has 0 aliphatic heterocycles. The number of hydrogen-bond acceptors (Lipinski definition) is 6. The minimum Gasteiger partial charge on any atom is -0.377 e. The summed E-state index contributed by atoms with van der Waals surface area (Å²) in [6.07, 6.45) is 0.134. The highest BCUT2D eigenvalue weighted by atomic mass is 79.9. The van der Waals surface area contributed by atoms with Crippen LogP contribution in [-0.4, -0.2) is 22.9 Å². The van der Waals surface area contributed by atoms with E-state index in [2.05, 4.69) is 26.1 Å². The first-order valence-corrected chi connectivity index (χ1v) is 7.18.